The van der Waals surface area contributed by atoms with Crippen LogP contribution in [-0.2, 0) is 0 Å². The number of nitrogens with zero attached hydrogens (tertiary/aromatic N) is 4. The molecule has 116 valence electrons. The molecule has 0 spiro atoms. The molecular weight excluding hydrogens is 292 g/mol. The van der Waals surface area contributed by atoms with Crippen molar-refractivity contribution in [3.63, 3.8) is 0 Å². The quantitative estimate of drug-likeness (QED) is 0.869. The Bertz CT molecular complexity index is 669. The molecule has 1 aliphatic carbocycles. The molecule has 1 aromatic heterocycles. The van der Waals surface area contributed by atoms with Gasteiger partial charge in [-0.2, -0.15) is 4.37 Å². The summed E-state index contributed by atoms with van der Waals surface area (Å²) in [5.41, 5.74) is 4.09. The maximum Gasteiger partial charge on any atom is 0.205 e. The predicted molar refractivity (Wildman–Crippen MR) is 92.2 cm³/mol. The van der Waals surface area contributed by atoms with Crippen LogP contribution in [0.4, 0.5) is 10.8 Å². The zero-order valence-electron chi connectivity index (χ0n) is 13.2. The summed E-state index contributed by atoms with van der Waals surface area (Å²) in [5, 5.41) is 1.11. The summed E-state index contributed by atoms with van der Waals surface area (Å²) >= 11 is 1.57. The maximum atomic E-state index is 4.74. The molecule has 0 atom stereocenters. The molecule has 1 saturated carbocycles. The molecule has 22 heavy (non-hydrogen) atoms. The monoisotopic (exact) mass is 314 g/mol. The van der Waals surface area contributed by atoms with E-state index in [0.29, 0.717) is 5.92 Å². The van der Waals surface area contributed by atoms with E-state index in [4.69, 9.17) is 4.98 Å². The average molecular weight is 314 g/mol. The van der Waals surface area contributed by atoms with Crippen molar-refractivity contribution >= 4 is 22.4 Å². The van der Waals surface area contributed by atoms with E-state index in [1.165, 1.54) is 29.7 Å². The summed E-state index contributed by atoms with van der Waals surface area (Å²) in [6.45, 7) is 8.55. The van der Waals surface area contributed by atoms with Crippen LogP contribution in [0.5, 0.6) is 0 Å². The molecule has 0 amide bonds. The summed E-state index contributed by atoms with van der Waals surface area (Å²) in [5.74, 6) is 1.73. The van der Waals surface area contributed by atoms with Gasteiger partial charge in [0, 0.05) is 49.3 Å². The van der Waals surface area contributed by atoms with Gasteiger partial charge in [0.05, 0.1) is 0 Å². The molecule has 2 heterocycles. The molecule has 1 saturated heterocycles. The molecule has 2 fully saturated rings. The molecule has 0 N–H and O–H groups in total. The van der Waals surface area contributed by atoms with Gasteiger partial charge in [-0.15, -0.1) is 0 Å². The fraction of sp³-hybridized carbons (Fsp3) is 0.529. The van der Waals surface area contributed by atoms with E-state index in [-0.39, 0.29) is 0 Å². The Balaban J connectivity index is 1.44. The average Bonchev–Trinajstić information content (AvgIpc) is 3.27. The van der Waals surface area contributed by atoms with Crippen molar-refractivity contribution in [2.45, 2.75) is 32.6 Å². The van der Waals surface area contributed by atoms with E-state index in [1.807, 2.05) is 0 Å². The molecule has 1 aliphatic heterocycles. The molecule has 4 rings (SSSR count). The van der Waals surface area contributed by atoms with Gasteiger partial charge in [-0.05, 0) is 43.9 Å². The van der Waals surface area contributed by atoms with Crippen molar-refractivity contribution in [3.05, 3.63) is 35.2 Å². The lowest BCUT2D eigenvalue weighted by molar-refractivity contribution is 0.650. The van der Waals surface area contributed by atoms with Crippen molar-refractivity contribution in [2.24, 2.45) is 0 Å². The molecular formula is C17H22N4S. The van der Waals surface area contributed by atoms with Crippen LogP contribution in [0.2, 0.25) is 0 Å². The molecule has 0 unspecified atom stereocenters. The minimum absolute atomic E-state index is 0.654. The number of aryl methyl sites for hydroxylation is 2. The second-order valence-electron chi connectivity index (χ2n) is 6.47. The third-order valence-electron chi connectivity index (χ3n) is 4.63. The predicted octanol–water partition coefficient (Wildman–Crippen LogP) is 3.36. The first-order valence-corrected chi connectivity index (χ1v) is 8.89. The maximum absolute atomic E-state index is 4.74. The van der Waals surface area contributed by atoms with E-state index in [1.54, 1.807) is 11.5 Å². The minimum Gasteiger partial charge on any atom is -0.368 e. The third-order valence-corrected chi connectivity index (χ3v) is 5.42. The van der Waals surface area contributed by atoms with Gasteiger partial charge in [-0.3, -0.25) is 0 Å². The van der Waals surface area contributed by atoms with Gasteiger partial charge in [0.25, 0.3) is 0 Å². The van der Waals surface area contributed by atoms with Gasteiger partial charge in [-0.1, -0.05) is 12.1 Å². The van der Waals surface area contributed by atoms with Gasteiger partial charge in [0.2, 0.25) is 5.13 Å². The molecule has 0 bridgehead atoms. The van der Waals surface area contributed by atoms with Crippen molar-refractivity contribution in [2.75, 3.05) is 36.0 Å². The number of piperazine rings is 1. The van der Waals surface area contributed by atoms with E-state index >= 15 is 0 Å². The highest BCUT2D eigenvalue weighted by atomic mass is 32.1. The van der Waals surface area contributed by atoms with Gasteiger partial charge in [-0.25, -0.2) is 4.98 Å². The van der Waals surface area contributed by atoms with Crippen molar-refractivity contribution in [3.8, 4) is 0 Å². The Morgan fingerprint density at radius 1 is 1.05 bits per heavy atom. The molecule has 2 aromatic rings. The van der Waals surface area contributed by atoms with Crippen LogP contribution in [0, 0.1) is 13.8 Å². The first-order chi connectivity index (χ1) is 10.7. The standard InChI is InChI=1S/C17H22N4S/c1-12-3-4-13(2)15(11-12)20-7-9-21(10-8-20)17-18-16(19-22-17)14-5-6-14/h3-4,11,14H,5-10H2,1-2H3. The van der Waals surface area contributed by atoms with Gasteiger partial charge < -0.3 is 9.80 Å². The SMILES string of the molecule is Cc1ccc(C)c(N2CCN(c3nc(C4CC4)ns3)CC2)c1. The summed E-state index contributed by atoms with van der Waals surface area (Å²) in [6, 6.07) is 6.72. The highest BCUT2D eigenvalue weighted by Gasteiger charge is 2.29. The highest BCUT2D eigenvalue weighted by Crippen LogP contribution is 2.39. The number of benzene rings is 1. The number of hydrogen-bond donors (Lipinski definition) is 0. The Labute approximate surface area is 136 Å². The van der Waals surface area contributed by atoms with Crippen LogP contribution in [0.3, 0.4) is 0 Å². The second-order valence-corrected chi connectivity index (χ2v) is 7.20. The lowest BCUT2D eigenvalue weighted by Crippen LogP contribution is -2.46. The largest absolute Gasteiger partial charge is 0.368 e. The first kappa shape index (κ1) is 14.0. The minimum atomic E-state index is 0.654. The van der Waals surface area contributed by atoms with Gasteiger partial charge in [0.1, 0.15) is 5.82 Å². The molecule has 4 nitrogen and oxygen atoms in total. The van der Waals surface area contributed by atoms with Gasteiger partial charge >= 0.3 is 0 Å². The number of rotatable bonds is 3. The Hall–Kier alpha value is -1.62. The van der Waals surface area contributed by atoms with Crippen LogP contribution in [0.15, 0.2) is 18.2 Å². The van der Waals surface area contributed by atoms with Crippen molar-refractivity contribution in [1.29, 1.82) is 0 Å². The Kier molecular flexibility index (Phi) is 3.53. The third kappa shape index (κ3) is 2.70. The summed E-state index contributed by atoms with van der Waals surface area (Å²) in [7, 11) is 0. The van der Waals surface area contributed by atoms with E-state index in [9.17, 15) is 0 Å². The van der Waals surface area contributed by atoms with Crippen LogP contribution >= 0.6 is 11.5 Å². The lowest BCUT2D eigenvalue weighted by Gasteiger charge is -2.36. The Morgan fingerprint density at radius 3 is 2.50 bits per heavy atom. The lowest BCUT2D eigenvalue weighted by atomic mass is 10.1. The van der Waals surface area contributed by atoms with Crippen LogP contribution in [0.25, 0.3) is 0 Å². The number of aromatic nitrogens is 2. The fourth-order valence-corrected chi connectivity index (χ4v) is 3.86. The van der Waals surface area contributed by atoms with E-state index in [0.717, 1.165) is 37.1 Å². The van der Waals surface area contributed by atoms with Crippen molar-refractivity contribution in [1.82, 2.24) is 9.36 Å². The Morgan fingerprint density at radius 2 is 1.77 bits per heavy atom. The topological polar surface area (TPSA) is 32.3 Å². The van der Waals surface area contributed by atoms with E-state index < -0.39 is 0 Å². The van der Waals surface area contributed by atoms with Gasteiger partial charge in [0.15, 0.2) is 0 Å². The molecule has 0 radical (unpaired) electrons. The summed E-state index contributed by atoms with van der Waals surface area (Å²) < 4.78 is 4.53. The number of hydrogen-bond acceptors (Lipinski definition) is 5. The summed E-state index contributed by atoms with van der Waals surface area (Å²) in [6.07, 6.45) is 2.55. The van der Waals surface area contributed by atoms with Crippen LogP contribution in [0.1, 0.15) is 35.7 Å². The van der Waals surface area contributed by atoms with Crippen LogP contribution in [-0.4, -0.2) is 35.5 Å². The second kappa shape index (κ2) is 5.54. The van der Waals surface area contributed by atoms with E-state index in [2.05, 4.69) is 46.2 Å². The summed E-state index contributed by atoms with van der Waals surface area (Å²) in [4.78, 5) is 9.64. The molecule has 5 heteroatoms. The fourth-order valence-electron chi connectivity index (χ4n) is 3.06. The zero-order chi connectivity index (χ0) is 15.1. The zero-order valence-corrected chi connectivity index (χ0v) is 14.1. The van der Waals surface area contributed by atoms with Crippen molar-refractivity contribution < 1.29 is 0 Å². The van der Waals surface area contributed by atoms with Crippen LogP contribution < -0.4 is 9.80 Å². The highest BCUT2D eigenvalue weighted by molar-refractivity contribution is 7.09. The number of anilines is 2. The molecule has 1 aromatic carbocycles. The normalized spacial score (nSPS) is 18.8. The first-order valence-electron chi connectivity index (χ1n) is 8.11. The smallest absolute Gasteiger partial charge is 0.205 e. The molecule has 2 aliphatic rings.